The molecule has 78 valence electrons. The molecule has 1 rings (SSSR count). The van der Waals surface area contributed by atoms with Crippen LogP contribution in [0.15, 0.2) is 23.4 Å². The van der Waals surface area contributed by atoms with Gasteiger partial charge in [0.1, 0.15) is 0 Å². The smallest absolute Gasteiger partial charge is 0.221 e. The molecule has 0 aromatic heterocycles. The quantitative estimate of drug-likeness (QED) is 0.717. The third-order valence-electron chi connectivity index (χ3n) is 2.55. The standard InChI is InChI=1S/C12H19NO/c1-8(2)11-6-5-9(3)12(7-11)13-10(4)14/h6-9H,5H2,1-4H3,(H,13,14). The molecule has 1 N–H and O–H groups in total. The van der Waals surface area contributed by atoms with Crippen molar-refractivity contribution in [2.24, 2.45) is 11.8 Å². The van der Waals surface area contributed by atoms with Crippen molar-refractivity contribution in [2.75, 3.05) is 0 Å². The lowest BCUT2D eigenvalue weighted by molar-refractivity contribution is -0.118. The summed E-state index contributed by atoms with van der Waals surface area (Å²) < 4.78 is 0. The summed E-state index contributed by atoms with van der Waals surface area (Å²) in [4.78, 5) is 11.0. The van der Waals surface area contributed by atoms with E-state index in [0.29, 0.717) is 11.8 Å². The van der Waals surface area contributed by atoms with Crippen LogP contribution in [0.4, 0.5) is 0 Å². The van der Waals surface area contributed by atoms with Crippen LogP contribution in [0.5, 0.6) is 0 Å². The molecule has 1 aliphatic carbocycles. The zero-order valence-electron chi connectivity index (χ0n) is 9.42. The highest BCUT2D eigenvalue weighted by molar-refractivity contribution is 5.75. The molecule has 0 saturated heterocycles. The molecule has 0 aliphatic heterocycles. The van der Waals surface area contributed by atoms with E-state index < -0.39 is 0 Å². The Balaban J connectivity index is 2.79. The SMILES string of the molecule is CC(=O)NC1=CC(C(C)C)=CCC1C. The van der Waals surface area contributed by atoms with Crippen molar-refractivity contribution in [1.82, 2.24) is 5.32 Å². The van der Waals surface area contributed by atoms with Crippen molar-refractivity contribution in [1.29, 1.82) is 0 Å². The second kappa shape index (κ2) is 4.45. The van der Waals surface area contributed by atoms with Crippen LogP contribution in [0, 0.1) is 11.8 Å². The molecule has 2 nitrogen and oxygen atoms in total. The lowest BCUT2D eigenvalue weighted by Crippen LogP contribution is -2.25. The Morgan fingerprint density at radius 1 is 1.57 bits per heavy atom. The lowest BCUT2D eigenvalue weighted by atomic mass is 9.90. The van der Waals surface area contributed by atoms with Gasteiger partial charge in [-0.2, -0.15) is 0 Å². The fourth-order valence-corrected chi connectivity index (χ4v) is 1.59. The van der Waals surface area contributed by atoms with Gasteiger partial charge in [0.15, 0.2) is 0 Å². The lowest BCUT2D eigenvalue weighted by Gasteiger charge is -2.22. The van der Waals surface area contributed by atoms with E-state index in [9.17, 15) is 4.79 Å². The zero-order valence-corrected chi connectivity index (χ0v) is 9.42. The molecular formula is C12H19NO. The summed E-state index contributed by atoms with van der Waals surface area (Å²) >= 11 is 0. The van der Waals surface area contributed by atoms with Gasteiger partial charge in [0.05, 0.1) is 0 Å². The van der Waals surface area contributed by atoms with Gasteiger partial charge in [0.25, 0.3) is 0 Å². The van der Waals surface area contributed by atoms with Gasteiger partial charge in [-0.15, -0.1) is 0 Å². The third kappa shape index (κ3) is 2.72. The van der Waals surface area contributed by atoms with Crippen molar-refractivity contribution >= 4 is 5.91 Å². The van der Waals surface area contributed by atoms with Gasteiger partial charge in [-0.05, 0) is 29.9 Å². The average molecular weight is 193 g/mol. The van der Waals surface area contributed by atoms with Crippen LogP contribution in [-0.2, 0) is 4.79 Å². The summed E-state index contributed by atoms with van der Waals surface area (Å²) in [5.41, 5.74) is 2.38. The second-order valence-corrected chi connectivity index (χ2v) is 4.28. The first-order valence-corrected chi connectivity index (χ1v) is 5.20. The zero-order chi connectivity index (χ0) is 10.7. The van der Waals surface area contributed by atoms with Crippen LogP contribution >= 0.6 is 0 Å². The first-order valence-electron chi connectivity index (χ1n) is 5.20. The van der Waals surface area contributed by atoms with E-state index in [1.807, 2.05) is 0 Å². The maximum absolute atomic E-state index is 11.0. The van der Waals surface area contributed by atoms with E-state index >= 15 is 0 Å². The van der Waals surface area contributed by atoms with E-state index in [1.165, 1.54) is 5.57 Å². The van der Waals surface area contributed by atoms with Crippen molar-refractivity contribution in [3.8, 4) is 0 Å². The monoisotopic (exact) mass is 193 g/mol. The Morgan fingerprint density at radius 2 is 2.21 bits per heavy atom. The minimum atomic E-state index is 0.0214. The highest BCUT2D eigenvalue weighted by Gasteiger charge is 2.15. The summed E-state index contributed by atoms with van der Waals surface area (Å²) in [5, 5.41) is 2.90. The number of hydrogen-bond acceptors (Lipinski definition) is 1. The predicted octanol–water partition coefficient (Wildman–Crippen LogP) is 2.63. The molecule has 2 heteroatoms. The van der Waals surface area contributed by atoms with E-state index in [4.69, 9.17) is 0 Å². The van der Waals surface area contributed by atoms with Gasteiger partial charge in [-0.3, -0.25) is 4.79 Å². The number of allylic oxidation sites excluding steroid dienone is 4. The Bertz CT molecular complexity index is 287. The molecule has 0 aromatic rings. The predicted molar refractivity (Wildman–Crippen MR) is 58.6 cm³/mol. The number of amides is 1. The molecule has 1 aliphatic rings. The molecule has 0 heterocycles. The van der Waals surface area contributed by atoms with Gasteiger partial charge >= 0.3 is 0 Å². The van der Waals surface area contributed by atoms with Gasteiger partial charge in [0, 0.05) is 12.6 Å². The van der Waals surface area contributed by atoms with Crippen LogP contribution in [0.1, 0.15) is 34.1 Å². The van der Waals surface area contributed by atoms with E-state index in [1.54, 1.807) is 6.92 Å². The van der Waals surface area contributed by atoms with Gasteiger partial charge in [-0.1, -0.05) is 26.8 Å². The van der Waals surface area contributed by atoms with Gasteiger partial charge in [-0.25, -0.2) is 0 Å². The fraction of sp³-hybridized carbons (Fsp3) is 0.583. The van der Waals surface area contributed by atoms with Crippen molar-refractivity contribution < 1.29 is 4.79 Å². The average Bonchev–Trinajstić information content (AvgIpc) is 2.07. The summed E-state index contributed by atoms with van der Waals surface area (Å²) in [5.74, 6) is 0.987. The molecular weight excluding hydrogens is 174 g/mol. The minimum absolute atomic E-state index is 0.0214. The highest BCUT2D eigenvalue weighted by Crippen LogP contribution is 2.25. The van der Waals surface area contributed by atoms with Crippen molar-refractivity contribution in [2.45, 2.75) is 34.1 Å². The van der Waals surface area contributed by atoms with Crippen molar-refractivity contribution in [3.05, 3.63) is 23.4 Å². The van der Waals surface area contributed by atoms with Gasteiger partial charge in [0.2, 0.25) is 5.91 Å². The highest BCUT2D eigenvalue weighted by atomic mass is 16.1. The molecule has 0 bridgehead atoms. The fourth-order valence-electron chi connectivity index (χ4n) is 1.59. The Hall–Kier alpha value is -1.05. The first kappa shape index (κ1) is 11.0. The Kier molecular flexibility index (Phi) is 3.50. The number of rotatable bonds is 2. The largest absolute Gasteiger partial charge is 0.330 e. The number of carbonyl (C=O) groups is 1. The maximum Gasteiger partial charge on any atom is 0.221 e. The molecule has 0 saturated carbocycles. The molecule has 1 unspecified atom stereocenters. The van der Waals surface area contributed by atoms with Crippen molar-refractivity contribution in [3.63, 3.8) is 0 Å². The Morgan fingerprint density at radius 3 is 2.71 bits per heavy atom. The van der Waals surface area contributed by atoms with E-state index in [-0.39, 0.29) is 5.91 Å². The molecule has 0 aromatic carbocycles. The maximum atomic E-state index is 11.0. The number of carbonyl (C=O) groups excluding carboxylic acids is 1. The molecule has 0 radical (unpaired) electrons. The summed E-state index contributed by atoms with van der Waals surface area (Å²) in [6.07, 6.45) is 5.40. The molecule has 14 heavy (non-hydrogen) atoms. The molecule has 0 spiro atoms. The number of nitrogens with one attached hydrogen (secondary N) is 1. The van der Waals surface area contributed by atoms with Gasteiger partial charge < -0.3 is 5.32 Å². The van der Waals surface area contributed by atoms with Crippen LogP contribution in [0.2, 0.25) is 0 Å². The van der Waals surface area contributed by atoms with Crippen LogP contribution in [0.3, 0.4) is 0 Å². The van der Waals surface area contributed by atoms with E-state index in [2.05, 4.69) is 38.2 Å². The Labute approximate surface area is 86.1 Å². The third-order valence-corrected chi connectivity index (χ3v) is 2.55. The van der Waals surface area contributed by atoms with E-state index in [0.717, 1.165) is 12.1 Å². The first-order chi connectivity index (χ1) is 6.50. The molecule has 1 atom stereocenters. The molecule has 1 amide bonds. The van der Waals surface area contributed by atoms with Crippen LogP contribution in [-0.4, -0.2) is 5.91 Å². The van der Waals surface area contributed by atoms with Crippen LogP contribution < -0.4 is 5.32 Å². The summed E-state index contributed by atoms with van der Waals surface area (Å²) in [7, 11) is 0. The second-order valence-electron chi connectivity index (χ2n) is 4.28. The normalized spacial score (nSPS) is 21.6. The van der Waals surface area contributed by atoms with Crippen LogP contribution in [0.25, 0.3) is 0 Å². The summed E-state index contributed by atoms with van der Waals surface area (Å²) in [6, 6.07) is 0. The topological polar surface area (TPSA) is 29.1 Å². The number of hydrogen-bond donors (Lipinski definition) is 1. The molecule has 0 fully saturated rings. The summed E-state index contributed by atoms with van der Waals surface area (Å²) in [6.45, 7) is 8.03. The minimum Gasteiger partial charge on any atom is -0.330 e.